The van der Waals surface area contributed by atoms with E-state index in [1.807, 2.05) is 47.9 Å². The van der Waals surface area contributed by atoms with E-state index in [0.717, 1.165) is 17.0 Å². The molecule has 1 N–H and O–H groups in total. The van der Waals surface area contributed by atoms with Crippen LogP contribution in [0.4, 0.5) is 0 Å². The van der Waals surface area contributed by atoms with Crippen LogP contribution in [0.3, 0.4) is 0 Å². The van der Waals surface area contributed by atoms with E-state index in [1.54, 1.807) is 0 Å². The zero-order valence-corrected chi connectivity index (χ0v) is 14.4. The molecule has 2 atom stereocenters. The van der Waals surface area contributed by atoms with Gasteiger partial charge < -0.3 is 4.90 Å². The predicted octanol–water partition coefficient (Wildman–Crippen LogP) is 2.44. The highest BCUT2D eigenvalue weighted by Gasteiger charge is 2.30. The number of carbonyl (C=O) groups is 1. The molecule has 1 aromatic heterocycles. The van der Waals surface area contributed by atoms with Crippen molar-refractivity contribution < 1.29 is 4.79 Å². The molecule has 5 nitrogen and oxygen atoms in total. The average molecular weight is 331 g/mol. The number of hydrogen-bond donors (Lipinski definition) is 1. The van der Waals surface area contributed by atoms with Gasteiger partial charge in [-0.1, -0.05) is 24.6 Å². The average Bonchev–Trinajstić information content (AvgIpc) is 2.92. The van der Waals surface area contributed by atoms with Gasteiger partial charge in [0.15, 0.2) is 0 Å². The lowest BCUT2D eigenvalue weighted by Crippen LogP contribution is -2.48. The molecule has 23 heavy (non-hydrogen) atoms. The SMILES string of the molecule is Cc1ccc(-n2[nH]c(C(=O)N3CCS[C@H](C)[C@@H]3C)cc2=O)cc1. The van der Waals surface area contributed by atoms with Crippen LogP contribution in [0.2, 0.25) is 0 Å². The van der Waals surface area contributed by atoms with E-state index >= 15 is 0 Å². The van der Waals surface area contributed by atoms with Gasteiger partial charge in [0.1, 0.15) is 5.69 Å². The highest BCUT2D eigenvalue weighted by Crippen LogP contribution is 2.25. The van der Waals surface area contributed by atoms with Crippen molar-refractivity contribution in [1.82, 2.24) is 14.7 Å². The maximum absolute atomic E-state index is 12.7. The number of aromatic nitrogens is 2. The molecular formula is C17H21N3O2S. The summed E-state index contributed by atoms with van der Waals surface area (Å²) >= 11 is 1.88. The molecule has 0 saturated carbocycles. The van der Waals surface area contributed by atoms with Crippen LogP contribution in [-0.4, -0.2) is 44.2 Å². The summed E-state index contributed by atoms with van der Waals surface area (Å²) in [6.07, 6.45) is 0. The summed E-state index contributed by atoms with van der Waals surface area (Å²) in [5.74, 6) is 0.827. The molecular weight excluding hydrogens is 310 g/mol. The Hall–Kier alpha value is -1.95. The number of hydrogen-bond acceptors (Lipinski definition) is 3. The molecule has 6 heteroatoms. The molecule has 2 heterocycles. The number of H-pyrrole nitrogens is 1. The molecule has 1 aromatic carbocycles. The smallest absolute Gasteiger partial charge is 0.272 e. The summed E-state index contributed by atoms with van der Waals surface area (Å²) in [5, 5.41) is 3.36. The van der Waals surface area contributed by atoms with Crippen LogP contribution >= 0.6 is 11.8 Å². The molecule has 1 amide bonds. The number of carbonyl (C=O) groups excluding carboxylic acids is 1. The van der Waals surface area contributed by atoms with Crippen LogP contribution in [0.1, 0.15) is 29.9 Å². The summed E-state index contributed by atoms with van der Waals surface area (Å²) in [4.78, 5) is 26.8. The van der Waals surface area contributed by atoms with Crippen LogP contribution in [-0.2, 0) is 0 Å². The van der Waals surface area contributed by atoms with E-state index in [2.05, 4.69) is 18.9 Å². The number of amides is 1. The molecule has 0 spiro atoms. The number of thioether (sulfide) groups is 1. The van der Waals surface area contributed by atoms with E-state index < -0.39 is 0 Å². The molecule has 1 aliphatic rings. The summed E-state index contributed by atoms with van der Waals surface area (Å²) in [7, 11) is 0. The second-order valence-electron chi connectivity index (χ2n) is 5.99. The van der Waals surface area contributed by atoms with Gasteiger partial charge in [-0.2, -0.15) is 11.8 Å². The van der Waals surface area contributed by atoms with Gasteiger partial charge in [-0.05, 0) is 26.0 Å². The van der Waals surface area contributed by atoms with Gasteiger partial charge in [0.2, 0.25) is 0 Å². The highest BCUT2D eigenvalue weighted by molar-refractivity contribution is 8.00. The lowest BCUT2D eigenvalue weighted by Gasteiger charge is -2.37. The van der Waals surface area contributed by atoms with Crippen LogP contribution in [0.5, 0.6) is 0 Å². The molecule has 3 rings (SSSR count). The third kappa shape index (κ3) is 3.08. The maximum atomic E-state index is 12.7. The van der Waals surface area contributed by atoms with Gasteiger partial charge in [-0.3, -0.25) is 14.7 Å². The Labute approximate surface area is 139 Å². The van der Waals surface area contributed by atoms with Crippen molar-refractivity contribution in [3.63, 3.8) is 0 Å². The largest absolute Gasteiger partial charge is 0.333 e. The topological polar surface area (TPSA) is 58.1 Å². The fourth-order valence-corrected chi connectivity index (χ4v) is 3.86. The van der Waals surface area contributed by atoms with Crippen LogP contribution in [0.25, 0.3) is 5.69 Å². The molecule has 0 aliphatic carbocycles. The monoisotopic (exact) mass is 331 g/mol. The van der Waals surface area contributed by atoms with E-state index in [-0.39, 0.29) is 17.5 Å². The van der Waals surface area contributed by atoms with Gasteiger partial charge in [0, 0.05) is 29.7 Å². The van der Waals surface area contributed by atoms with Crippen molar-refractivity contribution >= 4 is 17.7 Å². The minimum Gasteiger partial charge on any atom is -0.333 e. The minimum absolute atomic E-state index is 0.104. The minimum atomic E-state index is -0.218. The molecule has 1 fully saturated rings. The summed E-state index contributed by atoms with van der Waals surface area (Å²) in [6.45, 7) is 6.90. The second kappa shape index (κ2) is 6.28. The zero-order valence-electron chi connectivity index (χ0n) is 13.6. The Kier molecular flexibility index (Phi) is 4.35. The molecule has 1 saturated heterocycles. The first-order valence-corrected chi connectivity index (χ1v) is 8.84. The Balaban J connectivity index is 1.89. The lowest BCUT2D eigenvalue weighted by molar-refractivity contribution is 0.0691. The Bertz CT molecular complexity index is 763. The zero-order chi connectivity index (χ0) is 16.6. The summed E-state index contributed by atoms with van der Waals surface area (Å²) < 4.78 is 1.42. The lowest BCUT2D eigenvalue weighted by atomic mass is 10.2. The predicted molar refractivity (Wildman–Crippen MR) is 93.5 cm³/mol. The van der Waals surface area contributed by atoms with Crippen molar-refractivity contribution in [1.29, 1.82) is 0 Å². The number of aromatic amines is 1. The first-order chi connectivity index (χ1) is 11.0. The van der Waals surface area contributed by atoms with Crippen LogP contribution in [0.15, 0.2) is 35.1 Å². The number of benzene rings is 1. The molecule has 122 valence electrons. The molecule has 1 aliphatic heterocycles. The maximum Gasteiger partial charge on any atom is 0.272 e. The van der Waals surface area contributed by atoms with E-state index in [4.69, 9.17) is 0 Å². The van der Waals surface area contributed by atoms with Gasteiger partial charge in [0.05, 0.1) is 5.69 Å². The molecule has 0 bridgehead atoms. The fourth-order valence-electron chi connectivity index (χ4n) is 2.77. The van der Waals surface area contributed by atoms with Crippen molar-refractivity contribution in [2.75, 3.05) is 12.3 Å². The third-order valence-corrected chi connectivity index (χ3v) is 5.73. The highest BCUT2D eigenvalue weighted by atomic mass is 32.2. The van der Waals surface area contributed by atoms with Gasteiger partial charge in [-0.15, -0.1) is 0 Å². The van der Waals surface area contributed by atoms with E-state index in [1.165, 1.54) is 10.7 Å². The third-order valence-electron chi connectivity index (χ3n) is 4.39. The van der Waals surface area contributed by atoms with Crippen LogP contribution in [0, 0.1) is 6.92 Å². The molecule has 0 radical (unpaired) electrons. The quantitative estimate of drug-likeness (QED) is 0.919. The molecule has 2 aromatic rings. The van der Waals surface area contributed by atoms with E-state index in [0.29, 0.717) is 17.5 Å². The Morgan fingerprint density at radius 3 is 2.65 bits per heavy atom. The Morgan fingerprint density at radius 1 is 1.26 bits per heavy atom. The fraction of sp³-hybridized carbons (Fsp3) is 0.412. The van der Waals surface area contributed by atoms with Gasteiger partial charge >= 0.3 is 0 Å². The van der Waals surface area contributed by atoms with Gasteiger partial charge in [0.25, 0.3) is 11.5 Å². The number of rotatable bonds is 2. The Morgan fingerprint density at radius 2 is 1.96 bits per heavy atom. The van der Waals surface area contributed by atoms with Gasteiger partial charge in [-0.25, -0.2) is 4.68 Å². The van der Waals surface area contributed by atoms with Crippen LogP contribution < -0.4 is 5.56 Å². The van der Waals surface area contributed by atoms with Crippen molar-refractivity contribution in [2.45, 2.75) is 32.1 Å². The normalized spacial score (nSPS) is 21.4. The van der Waals surface area contributed by atoms with Crippen molar-refractivity contribution in [3.8, 4) is 5.69 Å². The summed E-state index contributed by atoms with van der Waals surface area (Å²) in [5.41, 5.74) is 1.99. The standard InChI is InChI=1S/C17H21N3O2S/c1-11-4-6-14(7-5-11)20-16(21)10-15(18-20)17(22)19-8-9-23-13(3)12(19)2/h4-7,10,12-13,18H,8-9H2,1-3H3/t12-,13+/m0/s1. The number of nitrogens with zero attached hydrogens (tertiary/aromatic N) is 2. The first kappa shape index (κ1) is 15.9. The van der Waals surface area contributed by atoms with Crippen molar-refractivity contribution in [3.05, 3.63) is 51.9 Å². The number of aryl methyl sites for hydroxylation is 1. The van der Waals surface area contributed by atoms with Crippen molar-refractivity contribution in [2.24, 2.45) is 0 Å². The number of nitrogens with one attached hydrogen (secondary N) is 1. The second-order valence-corrected chi connectivity index (χ2v) is 7.48. The summed E-state index contributed by atoms with van der Waals surface area (Å²) in [6, 6.07) is 9.16. The first-order valence-electron chi connectivity index (χ1n) is 7.79. The molecule has 0 unspecified atom stereocenters. The van der Waals surface area contributed by atoms with E-state index in [9.17, 15) is 9.59 Å².